The molecular formula is C14H19BrN2O3. The van der Waals surface area contributed by atoms with Crippen LogP contribution < -0.4 is 11.1 Å². The highest BCUT2D eigenvalue weighted by atomic mass is 79.9. The molecule has 1 rings (SSSR count). The van der Waals surface area contributed by atoms with Crippen molar-refractivity contribution in [1.29, 1.82) is 0 Å². The first-order valence-corrected chi connectivity index (χ1v) is 7.24. The number of nitrogens with two attached hydrogens (primary N) is 1. The van der Waals surface area contributed by atoms with E-state index in [-0.39, 0.29) is 6.42 Å². The van der Waals surface area contributed by atoms with Gasteiger partial charge in [-0.05, 0) is 52.9 Å². The lowest BCUT2D eigenvalue weighted by Gasteiger charge is -2.12. The molecule has 0 aromatic heterocycles. The average molecular weight is 343 g/mol. The van der Waals surface area contributed by atoms with Crippen molar-refractivity contribution in [3.8, 4) is 0 Å². The Kier molecular flexibility index (Phi) is 6.51. The number of benzene rings is 1. The fourth-order valence-corrected chi connectivity index (χ4v) is 2.38. The van der Waals surface area contributed by atoms with E-state index in [9.17, 15) is 9.59 Å². The third kappa shape index (κ3) is 5.61. The van der Waals surface area contributed by atoms with Gasteiger partial charge in [-0.25, -0.2) is 0 Å². The molecule has 0 heterocycles. The predicted octanol–water partition coefficient (Wildman–Crippen LogP) is 2.85. The molecule has 20 heavy (non-hydrogen) atoms. The molecule has 0 radical (unpaired) electrons. The summed E-state index contributed by atoms with van der Waals surface area (Å²) in [6.45, 7) is 2.79. The molecule has 110 valence electrons. The van der Waals surface area contributed by atoms with Gasteiger partial charge >= 0.3 is 5.97 Å². The quantitative estimate of drug-likeness (QED) is 0.677. The Balaban J connectivity index is 2.41. The first-order valence-electron chi connectivity index (χ1n) is 6.45. The highest BCUT2D eigenvalue weighted by Gasteiger charge is 2.08. The van der Waals surface area contributed by atoms with Gasteiger partial charge < -0.3 is 16.2 Å². The number of primary amides is 1. The Labute approximate surface area is 126 Å². The summed E-state index contributed by atoms with van der Waals surface area (Å²) in [6, 6.07) is 5.28. The van der Waals surface area contributed by atoms with E-state index in [0.717, 1.165) is 18.7 Å². The van der Waals surface area contributed by atoms with E-state index in [2.05, 4.69) is 21.2 Å². The van der Waals surface area contributed by atoms with Crippen LogP contribution in [0.25, 0.3) is 0 Å². The molecule has 0 aliphatic carbocycles. The molecule has 1 aromatic carbocycles. The molecule has 0 spiro atoms. The number of carboxylic acids is 1. The summed E-state index contributed by atoms with van der Waals surface area (Å²) in [6.07, 6.45) is 1.78. The molecule has 0 aliphatic heterocycles. The van der Waals surface area contributed by atoms with E-state index in [4.69, 9.17) is 10.8 Å². The maximum absolute atomic E-state index is 11.1. The number of rotatable bonds is 8. The van der Waals surface area contributed by atoms with Crippen molar-refractivity contribution in [2.75, 3.05) is 11.9 Å². The predicted molar refractivity (Wildman–Crippen MR) is 81.8 cm³/mol. The normalized spacial score (nSPS) is 11.9. The van der Waals surface area contributed by atoms with Crippen molar-refractivity contribution in [3.63, 3.8) is 0 Å². The monoisotopic (exact) mass is 342 g/mol. The lowest BCUT2D eigenvalue weighted by atomic mass is 10.0. The van der Waals surface area contributed by atoms with Crippen molar-refractivity contribution in [2.24, 2.45) is 11.7 Å². The molecule has 6 heteroatoms. The van der Waals surface area contributed by atoms with Gasteiger partial charge in [0.05, 0.1) is 5.56 Å². The summed E-state index contributed by atoms with van der Waals surface area (Å²) >= 11 is 3.30. The number of anilines is 1. The third-order valence-electron chi connectivity index (χ3n) is 3.05. The van der Waals surface area contributed by atoms with Gasteiger partial charge in [0.15, 0.2) is 0 Å². The van der Waals surface area contributed by atoms with E-state index in [1.807, 2.05) is 13.0 Å². The summed E-state index contributed by atoms with van der Waals surface area (Å²) in [5, 5.41) is 11.8. The molecule has 4 N–H and O–H groups in total. The molecule has 5 nitrogen and oxygen atoms in total. The molecule has 0 bridgehead atoms. The molecule has 1 atom stereocenters. The molecule has 0 saturated carbocycles. The van der Waals surface area contributed by atoms with Crippen LogP contribution in [-0.2, 0) is 4.79 Å². The van der Waals surface area contributed by atoms with E-state index in [1.165, 1.54) is 0 Å². The van der Waals surface area contributed by atoms with Crippen molar-refractivity contribution in [2.45, 2.75) is 26.2 Å². The molecule has 0 saturated heterocycles. The Morgan fingerprint density at radius 1 is 1.40 bits per heavy atom. The van der Waals surface area contributed by atoms with Crippen molar-refractivity contribution >= 4 is 33.5 Å². The van der Waals surface area contributed by atoms with Gasteiger partial charge in [0.25, 0.3) is 0 Å². The van der Waals surface area contributed by atoms with Crippen LogP contribution in [0.2, 0.25) is 0 Å². The molecular weight excluding hydrogens is 324 g/mol. The number of halogens is 1. The van der Waals surface area contributed by atoms with E-state index >= 15 is 0 Å². The van der Waals surface area contributed by atoms with Crippen molar-refractivity contribution in [1.82, 2.24) is 0 Å². The molecule has 1 unspecified atom stereocenters. The fraction of sp³-hybridized carbons (Fsp3) is 0.429. The molecule has 1 aromatic rings. The zero-order valence-corrected chi connectivity index (χ0v) is 12.9. The number of hydrogen-bond donors (Lipinski definition) is 3. The molecule has 1 amide bonds. The van der Waals surface area contributed by atoms with E-state index < -0.39 is 11.9 Å². The van der Waals surface area contributed by atoms with Crippen molar-refractivity contribution in [3.05, 3.63) is 28.2 Å². The zero-order chi connectivity index (χ0) is 15.1. The highest BCUT2D eigenvalue weighted by Crippen LogP contribution is 2.21. The summed E-state index contributed by atoms with van der Waals surface area (Å²) < 4.78 is 0.661. The Morgan fingerprint density at radius 2 is 2.10 bits per heavy atom. The second kappa shape index (κ2) is 7.89. The standard InChI is InChI=1S/C14H19BrN2O3/c1-9(2-5-13(18)19)6-7-17-10-3-4-11(14(16)20)12(15)8-10/h3-4,8-9,17H,2,5-7H2,1H3,(H2,16,20)(H,18,19). The minimum Gasteiger partial charge on any atom is -0.481 e. The second-order valence-electron chi connectivity index (χ2n) is 4.81. The maximum atomic E-state index is 11.1. The second-order valence-corrected chi connectivity index (χ2v) is 5.67. The van der Waals surface area contributed by atoms with E-state index in [1.54, 1.807) is 12.1 Å². The Hall–Kier alpha value is -1.56. The number of carbonyl (C=O) groups excluding carboxylic acids is 1. The zero-order valence-electron chi connectivity index (χ0n) is 11.4. The number of nitrogens with one attached hydrogen (secondary N) is 1. The smallest absolute Gasteiger partial charge is 0.303 e. The average Bonchev–Trinajstić information content (AvgIpc) is 2.36. The van der Waals surface area contributed by atoms with Gasteiger partial charge in [0, 0.05) is 23.1 Å². The number of aliphatic carboxylic acids is 1. The van der Waals surface area contributed by atoms with Crippen LogP contribution in [-0.4, -0.2) is 23.5 Å². The lowest BCUT2D eigenvalue weighted by molar-refractivity contribution is -0.137. The third-order valence-corrected chi connectivity index (χ3v) is 3.71. The molecule has 0 fully saturated rings. The van der Waals surface area contributed by atoms with Crippen LogP contribution in [0.15, 0.2) is 22.7 Å². The summed E-state index contributed by atoms with van der Waals surface area (Å²) in [7, 11) is 0. The minimum absolute atomic E-state index is 0.208. The fourth-order valence-electron chi connectivity index (χ4n) is 1.80. The van der Waals surface area contributed by atoms with Crippen LogP contribution in [0.5, 0.6) is 0 Å². The number of hydrogen-bond acceptors (Lipinski definition) is 3. The van der Waals surface area contributed by atoms with Crippen LogP contribution in [0.4, 0.5) is 5.69 Å². The first-order chi connectivity index (χ1) is 9.40. The first kappa shape index (κ1) is 16.5. The number of amides is 1. The SMILES string of the molecule is CC(CCNc1ccc(C(N)=O)c(Br)c1)CCC(=O)O. The summed E-state index contributed by atoms with van der Waals surface area (Å²) in [5.41, 5.74) is 6.57. The molecule has 0 aliphatic rings. The topological polar surface area (TPSA) is 92.4 Å². The number of carbonyl (C=O) groups is 2. The lowest BCUT2D eigenvalue weighted by Crippen LogP contribution is -2.12. The highest BCUT2D eigenvalue weighted by molar-refractivity contribution is 9.10. The van der Waals surface area contributed by atoms with E-state index in [0.29, 0.717) is 22.4 Å². The van der Waals surface area contributed by atoms with Gasteiger partial charge in [0.1, 0.15) is 0 Å². The number of carboxylic acid groups (broad SMARTS) is 1. The Morgan fingerprint density at radius 3 is 2.65 bits per heavy atom. The van der Waals surface area contributed by atoms with Crippen LogP contribution >= 0.6 is 15.9 Å². The minimum atomic E-state index is -0.754. The summed E-state index contributed by atoms with van der Waals surface area (Å²) in [4.78, 5) is 21.6. The van der Waals surface area contributed by atoms with Gasteiger partial charge in [-0.3, -0.25) is 9.59 Å². The van der Waals surface area contributed by atoms with Gasteiger partial charge in [0.2, 0.25) is 5.91 Å². The van der Waals surface area contributed by atoms with Gasteiger partial charge in [-0.1, -0.05) is 6.92 Å². The van der Waals surface area contributed by atoms with Crippen LogP contribution in [0.3, 0.4) is 0 Å². The van der Waals surface area contributed by atoms with Crippen LogP contribution in [0.1, 0.15) is 36.5 Å². The van der Waals surface area contributed by atoms with Gasteiger partial charge in [-0.2, -0.15) is 0 Å². The van der Waals surface area contributed by atoms with Crippen molar-refractivity contribution < 1.29 is 14.7 Å². The van der Waals surface area contributed by atoms with Crippen LogP contribution in [0, 0.1) is 5.92 Å². The summed E-state index contributed by atoms with van der Waals surface area (Å²) in [5.74, 6) is -0.867. The largest absolute Gasteiger partial charge is 0.481 e. The van der Waals surface area contributed by atoms with Gasteiger partial charge in [-0.15, -0.1) is 0 Å². The Bertz CT molecular complexity index is 491. The maximum Gasteiger partial charge on any atom is 0.303 e.